The number of ether oxygens (including phenoxy) is 2. The van der Waals surface area contributed by atoms with Gasteiger partial charge in [0.05, 0.1) is 7.11 Å². The van der Waals surface area contributed by atoms with Crippen LogP contribution in [0, 0.1) is 11.3 Å². The second kappa shape index (κ2) is 4.15. The Morgan fingerprint density at radius 2 is 2.31 bits per heavy atom. The summed E-state index contributed by atoms with van der Waals surface area (Å²) in [5.74, 6) is 0.778. The number of methoxy groups -OCH3 is 1. The topological polar surface area (TPSA) is 42.2 Å². The van der Waals surface area contributed by atoms with Crippen molar-refractivity contribution >= 4 is 0 Å². The van der Waals surface area contributed by atoms with Gasteiger partial charge in [-0.2, -0.15) is 5.26 Å². The number of benzene rings is 1. The fourth-order valence-electron chi connectivity index (χ4n) is 2.27. The molecule has 0 spiro atoms. The number of fused-ring (bicyclic) bond motifs is 1. The molecule has 3 nitrogen and oxygen atoms in total. The molecular formula is C13H15NO2. The molecule has 1 aliphatic carbocycles. The van der Waals surface area contributed by atoms with Crippen LogP contribution in [0.4, 0.5) is 0 Å². The summed E-state index contributed by atoms with van der Waals surface area (Å²) in [6.45, 7) is 2.46. The minimum atomic E-state index is -0.765. The van der Waals surface area contributed by atoms with Crippen molar-refractivity contribution in [1.82, 2.24) is 0 Å². The lowest BCUT2D eigenvalue weighted by Gasteiger charge is -2.22. The first-order valence-electron chi connectivity index (χ1n) is 5.48. The van der Waals surface area contributed by atoms with Gasteiger partial charge in [0.1, 0.15) is 11.8 Å². The fourth-order valence-corrected chi connectivity index (χ4v) is 2.27. The number of nitrogens with zero attached hydrogens (tertiary/aromatic N) is 1. The van der Waals surface area contributed by atoms with Gasteiger partial charge in [0, 0.05) is 12.2 Å². The second-order valence-electron chi connectivity index (χ2n) is 3.89. The summed E-state index contributed by atoms with van der Waals surface area (Å²) < 4.78 is 10.8. The average Bonchev–Trinajstić information content (AvgIpc) is 2.69. The van der Waals surface area contributed by atoms with Gasteiger partial charge in [-0.05, 0) is 37.5 Å². The van der Waals surface area contributed by atoms with E-state index >= 15 is 0 Å². The molecule has 1 atom stereocenters. The van der Waals surface area contributed by atoms with Crippen LogP contribution in [0.1, 0.15) is 24.5 Å². The van der Waals surface area contributed by atoms with Crippen molar-refractivity contribution in [2.24, 2.45) is 0 Å². The highest BCUT2D eigenvalue weighted by Crippen LogP contribution is 2.41. The summed E-state index contributed by atoms with van der Waals surface area (Å²) in [5, 5.41) is 9.34. The first-order chi connectivity index (χ1) is 7.75. The normalized spacial score (nSPS) is 22.6. The maximum absolute atomic E-state index is 9.34. The van der Waals surface area contributed by atoms with E-state index in [4.69, 9.17) is 9.47 Å². The van der Waals surface area contributed by atoms with E-state index in [9.17, 15) is 5.26 Å². The van der Waals surface area contributed by atoms with E-state index in [0.717, 1.165) is 24.2 Å². The van der Waals surface area contributed by atoms with Crippen LogP contribution in [-0.2, 0) is 16.8 Å². The monoisotopic (exact) mass is 217 g/mol. The molecule has 0 bridgehead atoms. The Kier molecular flexibility index (Phi) is 2.84. The lowest BCUT2D eigenvalue weighted by atomic mass is 9.97. The van der Waals surface area contributed by atoms with Crippen LogP contribution in [0.15, 0.2) is 18.2 Å². The first-order valence-corrected chi connectivity index (χ1v) is 5.48. The summed E-state index contributed by atoms with van der Waals surface area (Å²) in [5.41, 5.74) is 1.39. The Morgan fingerprint density at radius 3 is 2.94 bits per heavy atom. The Balaban J connectivity index is 2.47. The zero-order valence-electron chi connectivity index (χ0n) is 9.62. The zero-order chi connectivity index (χ0) is 11.6. The molecule has 1 aromatic carbocycles. The molecule has 84 valence electrons. The number of hydrogen-bond acceptors (Lipinski definition) is 3. The van der Waals surface area contributed by atoms with Gasteiger partial charge < -0.3 is 9.47 Å². The van der Waals surface area contributed by atoms with Crippen molar-refractivity contribution < 1.29 is 9.47 Å². The number of aryl methyl sites for hydroxylation is 1. The van der Waals surface area contributed by atoms with Crippen LogP contribution in [0.5, 0.6) is 5.75 Å². The molecule has 0 amide bonds. The molecule has 1 unspecified atom stereocenters. The van der Waals surface area contributed by atoms with Gasteiger partial charge in [0.2, 0.25) is 0 Å². The largest absolute Gasteiger partial charge is 0.497 e. The molecular weight excluding hydrogens is 202 g/mol. The molecule has 0 aromatic heterocycles. The maximum Gasteiger partial charge on any atom is 0.180 e. The van der Waals surface area contributed by atoms with Crippen molar-refractivity contribution in [2.75, 3.05) is 13.7 Å². The molecule has 0 radical (unpaired) electrons. The minimum Gasteiger partial charge on any atom is -0.497 e. The standard InChI is InChI=1S/C13H15NO2/c1-3-16-13(9-14)7-6-10-4-5-11(15-2)8-12(10)13/h4-5,8H,3,6-7H2,1-2H3. The third-order valence-corrected chi connectivity index (χ3v) is 3.07. The Bertz CT molecular complexity index is 432. The molecule has 0 fully saturated rings. The summed E-state index contributed by atoms with van der Waals surface area (Å²) in [6.07, 6.45) is 1.63. The van der Waals surface area contributed by atoms with Crippen LogP contribution in [0.2, 0.25) is 0 Å². The van der Waals surface area contributed by atoms with E-state index in [1.165, 1.54) is 5.56 Å². The molecule has 0 N–H and O–H groups in total. The minimum absolute atomic E-state index is 0.546. The van der Waals surface area contributed by atoms with E-state index in [1.807, 2.05) is 25.1 Å². The third kappa shape index (κ3) is 1.56. The van der Waals surface area contributed by atoms with Crippen LogP contribution in [-0.4, -0.2) is 13.7 Å². The van der Waals surface area contributed by atoms with E-state index < -0.39 is 5.60 Å². The highest BCUT2D eigenvalue weighted by atomic mass is 16.5. The lowest BCUT2D eigenvalue weighted by molar-refractivity contribution is 0.00321. The smallest absolute Gasteiger partial charge is 0.180 e. The Morgan fingerprint density at radius 1 is 1.50 bits per heavy atom. The van der Waals surface area contributed by atoms with Crippen molar-refractivity contribution in [2.45, 2.75) is 25.4 Å². The first kappa shape index (κ1) is 11.0. The predicted octanol–water partition coefficient (Wildman–Crippen LogP) is 2.40. The quantitative estimate of drug-likeness (QED) is 0.780. The van der Waals surface area contributed by atoms with Crippen LogP contribution in [0.25, 0.3) is 0 Å². The van der Waals surface area contributed by atoms with Crippen LogP contribution < -0.4 is 4.74 Å². The molecule has 16 heavy (non-hydrogen) atoms. The number of hydrogen-bond donors (Lipinski definition) is 0. The van der Waals surface area contributed by atoms with Crippen molar-refractivity contribution in [1.29, 1.82) is 5.26 Å². The van der Waals surface area contributed by atoms with E-state index in [0.29, 0.717) is 6.61 Å². The van der Waals surface area contributed by atoms with Crippen LogP contribution >= 0.6 is 0 Å². The second-order valence-corrected chi connectivity index (χ2v) is 3.89. The average molecular weight is 217 g/mol. The number of nitriles is 1. The highest BCUT2D eigenvalue weighted by molar-refractivity contribution is 5.46. The van der Waals surface area contributed by atoms with Crippen molar-refractivity contribution in [3.05, 3.63) is 29.3 Å². The van der Waals surface area contributed by atoms with Gasteiger partial charge in [-0.15, -0.1) is 0 Å². The maximum atomic E-state index is 9.34. The summed E-state index contributed by atoms with van der Waals surface area (Å²) in [4.78, 5) is 0. The molecule has 2 rings (SSSR count). The van der Waals surface area contributed by atoms with Crippen molar-refractivity contribution in [3.8, 4) is 11.8 Å². The van der Waals surface area contributed by atoms with Crippen molar-refractivity contribution in [3.63, 3.8) is 0 Å². The zero-order valence-corrected chi connectivity index (χ0v) is 9.62. The third-order valence-electron chi connectivity index (χ3n) is 3.07. The summed E-state index contributed by atoms with van der Waals surface area (Å²) in [7, 11) is 1.63. The van der Waals surface area contributed by atoms with E-state index in [-0.39, 0.29) is 0 Å². The summed E-state index contributed by atoms with van der Waals surface area (Å²) >= 11 is 0. The van der Waals surface area contributed by atoms with Gasteiger partial charge in [-0.3, -0.25) is 0 Å². The van der Waals surface area contributed by atoms with E-state index in [2.05, 4.69) is 6.07 Å². The van der Waals surface area contributed by atoms with Gasteiger partial charge in [-0.1, -0.05) is 6.07 Å². The SMILES string of the molecule is CCOC1(C#N)CCc2ccc(OC)cc21. The van der Waals surface area contributed by atoms with Gasteiger partial charge in [-0.25, -0.2) is 0 Å². The summed E-state index contributed by atoms with van der Waals surface area (Å²) in [6, 6.07) is 8.17. The Labute approximate surface area is 95.6 Å². The van der Waals surface area contributed by atoms with Gasteiger partial charge >= 0.3 is 0 Å². The molecule has 0 saturated carbocycles. The van der Waals surface area contributed by atoms with Gasteiger partial charge in [0.15, 0.2) is 5.60 Å². The molecule has 0 heterocycles. The molecule has 3 heteroatoms. The fraction of sp³-hybridized carbons (Fsp3) is 0.462. The van der Waals surface area contributed by atoms with Crippen LogP contribution in [0.3, 0.4) is 0 Å². The lowest BCUT2D eigenvalue weighted by Crippen LogP contribution is -2.24. The van der Waals surface area contributed by atoms with E-state index in [1.54, 1.807) is 7.11 Å². The molecule has 1 aliphatic rings. The molecule has 0 aliphatic heterocycles. The Hall–Kier alpha value is -1.53. The predicted molar refractivity (Wildman–Crippen MR) is 60.2 cm³/mol. The number of rotatable bonds is 3. The molecule has 0 saturated heterocycles. The van der Waals surface area contributed by atoms with Gasteiger partial charge in [0.25, 0.3) is 0 Å². The highest BCUT2D eigenvalue weighted by Gasteiger charge is 2.40. The molecule has 1 aromatic rings.